The SMILES string of the molecule is O=C(CC(C(=O)O)C1CCCC1)Nc1cccc(/C=C/c2nc(C3CCC3)cs2)c1. The maximum atomic E-state index is 12.5. The van der Waals surface area contributed by atoms with E-state index in [1.807, 2.05) is 36.4 Å². The van der Waals surface area contributed by atoms with Crippen molar-refractivity contribution in [1.82, 2.24) is 4.98 Å². The van der Waals surface area contributed by atoms with Gasteiger partial charge in [-0.25, -0.2) is 4.98 Å². The van der Waals surface area contributed by atoms with Crippen molar-refractivity contribution in [3.05, 3.63) is 45.9 Å². The van der Waals surface area contributed by atoms with Gasteiger partial charge in [0.05, 0.1) is 11.6 Å². The van der Waals surface area contributed by atoms with Crippen LogP contribution in [0.2, 0.25) is 0 Å². The number of thiazole rings is 1. The number of amides is 1. The zero-order valence-corrected chi connectivity index (χ0v) is 17.9. The number of hydrogen-bond donors (Lipinski definition) is 2. The fraction of sp³-hybridized carbons (Fsp3) is 0.458. The van der Waals surface area contributed by atoms with Gasteiger partial charge in [-0.05, 0) is 55.4 Å². The lowest BCUT2D eigenvalue weighted by molar-refractivity contribution is -0.145. The Balaban J connectivity index is 1.36. The third-order valence-corrected chi connectivity index (χ3v) is 7.17. The van der Waals surface area contributed by atoms with E-state index in [-0.39, 0.29) is 18.2 Å². The highest BCUT2D eigenvalue weighted by atomic mass is 32.1. The van der Waals surface area contributed by atoms with Crippen molar-refractivity contribution < 1.29 is 14.7 Å². The highest BCUT2D eigenvalue weighted by Gasteiger charge is 2.32. The first-order chi connectivity index (χ1) is 14.6. The second-order valence-electron chi connectivity index (χ2n) is 8.44. The van der Waals surface area contributed by atoms with Gasteiger partial charge in [-0.15, -0.1) is 11.3 Å². The first-order valence-corrected chi connectivity index (χ1v) is 11.7. The topological polar surface area (TPSA) is 79.3 Å². The Hall–Kier alpha value is -2.47. The molecule has 1 unspecified atom stereocenters. The average molecular weight is 425 g/mol. The van der Waals surface area contributed by atoms with Crippen LogP contribution in [-0.2, 0) is 9.59 Å². The molecule has 0 bridgehead atoms. The summed E-state index contributed by atoms with van der Waals surface area (Å²) in [5.74, 6) is -0.935. The summed E-state index contributed by atoms with van der Waals surface area (Å²) in [6.45, 7) is 0. The minimum atomic E-state index is -0.863. The number of rotatable bonds is 8. The molecule has 0 spiro atoms. The van der Waals surface area contributed by atoms with Crippen LogP contribution in [0.15, 0.2) is 29.6 Å². The van der Waals surface area contributed by atoms with E-state index < -0.39 is 11.9 Å². The molecule has 2 saturated carbocycles. The van der Waals surface area contributed by atoms with Gasteiger partial charge in [0.25, 0.3) is 0 Å². The van der Waals surface area contributed by atoms with Crippen LogP contribution in [0, 0.1) is 11.8 Å². The number of aromatic nitrogens is 1. The van der Waals surface area contributed by atoms with Crippen LogP contribution in [0.5, 0.6) is 0 Å². The van der Waals surface area contributed by atoms with Crippen LogP contribution >= 0.6 is 11.3 Å². The zero-order valence-electron chi connectivity index (χ0n) is 17.0. The van der Waals surface area contributed by atoms with Gasteiger partial charge in [0.1, 0.15) is 5.01 Å². The molecule has 158 valence electrons. The second kappa shape index (κ2) is 9.56. The lowest BCUT2D eigenvalue weighted by Gasteiger charge is -2.22. The van der Waals surface area contributed by atoms with Crippen LogP contribution in [-0.4, -0.2) is 22.0 Å². The van der Waals surface area contributed by atoms with Crippen molar-refractivity contribution in [2.75, 3.05) is 5.32 Å². The largest absolute Gasteiger partial charge is 0.481 e. The van der Waals surface area contributed by atoms with Crippen LogP contribution in [0.1, 0.15) is 73.5 Å². The maximum absolute atomic E-state index is 12.5. The molecule has 1 heterocycles. The monoisotopic (exact) mass is 424 g/mol. The fourth-order valence-corrected chi connectivity index (χ4v) is 5.17. The number of aliphatic carboxylic acids is 1. The van der Waals surface area contributed by atoms with Crippen molar-refractivity contribution in [2.45, 2.75) is 57.3 Å². The molecule has 5 nitrogen and oxygen atoms in total. The predicted octanol–water partition coefficient (Wildman–Crippen LogP) is 5.80. The van der Waals surface area contributed by atoms with Crippen molar-refractivity contribution in [3.8, 4) is 0 Å². The van der Waals surface area contributed by atoms with E-state index in [1.54, 1.807) is 11.3 Å². The van der Waals surface area contributed by atoms with Crippen LogP contribution < -0.4 is 5.32 Å². The smallest absolute Gasteiger partial charge is 0.307 e. The minimum absolute atomic E-state index is 0.0309. The number of hydrogen-bond acceptors (Lipinski definition) is 4. The summed E-state index contributed by atoms with van der Waals surface area (Å²) < 4.78 is 0. The van der Waals surface area contributed by atoms with E-state index in [4.69, 9.17) is 4.98 Å². The van der Waals surface area contributed by atoms with E-state index in [0.717, 1.165) is 36.3 Å². The first-order valence-electron chi connectivity index (χ1n) is 10.8. The lowest BCUT2D eigenvalue weighted by atomic mass is 9.83. The van der Waals surface area contributed by atoms with Gasteiger partial charge in [0.2, 0.25) is 5.91 Å². The molecule has 30 heavy (non-hydrogen) atoms. The van der Waals surface area contributed by atoms with Gasteiger partial charge < -0.3 is 10.4 Å². The molecule has 1 aromatic heterocycles. The first kappa shape index (κ1) is 20.8. The average Bonchev–Trinajstić information content (AvgIpc) is 3.35. The molecule has 1 atom stereocenters. The number of nitrogens with one attached hydrogen (secondary N) is 1. The number of anilines is 1. The molecule has 2 aliphatic carbocycles. The van der Waals surface area contributed by atoms with Gasteiger partial charge in [0, 0.05) is 23.4 Å². The Morgan fingerprint density at radius 3 is 2.67 bits per heavy atom. The summed E-state index contributed by atoms with van der Waals surface area (Å²) in [7, 11) is 0. The fourth-order valence-electron chi connectivity index (χ4n) is 4.38. The highest BCUT2D eigenvalue weighted by Crippen LogP contribution is 2.37. The van der Waals surface area contributed by atoms with Crippen molar-refractivity contribution >= 4 is 41.1 Å². The van der Waals surface area contributed by atoms with Crippen molar-refractivity contribution in [1.29, 1.82) is 0 Å². The quantitative estimate of drug-likeness (QED) is 0.561. The lowest BCUT2D eigenvalue weighted by Crippen LogP contribution is -2.27. The third kappa shape index (κ3) is 5.17. The Morgan fingerprint density at radius 2 is 1.97 bits per heavy atom. The summed E-state index contributed by atoms with van der Waals surface area (Å²) in [5, 5.41) is 15.6. The minimum Gasteiger partial charge on any atom is -0.481 e. The molecule has 2 N–H and O–H groups in total. The molecular weight excluding hydrogens is 396 g/mol. The molecule has 0 radical (unpaired) electrons. The molecule has 2 aromatic rings. The Morgan fingerprint density at radius 1 is 1.17 bits per heavy atom. The molecule has 2 fully saturated rings. The van der Waals surface area contributed by atoms with Gasteiger partial charge >= 0.3 is 5.97 Å². The van der Waals surface area contributed by atoms with Crippen molar-refractivity contribution in [2.24, 2.45) is 11.8 Å². The Kier molecular flexibility index (Phi) is 6.62. The van der Waals surface area contributed by atoms with E-state index >= 15 is 0 Å². The van der Waals surface area contributed by atoms with Crippen molar-refractivity contribution in [3.63, 3.8) is 0 Å². The molecule has 0 aliphatic heterocycles. The molecule has 4 rings (SSSR count). The number of carboxylic acids is 1. The summed E-state index contributed by atoms with van der Waals surface area (Å²) in [6, 6.07) is 7.60. The predicted molar refractivity (Wildman–Crippen MR) is 120 cm³/mol. The van der Waals surface area contributed by atoms with Gasteiger partial charge in [-0.3, -0.25) is 9.59 Å². The molecule has 0 saturated heterocycles. The number of nitrogens with zero attached hydrogens (tertiary/aromatic N) is 1. The normalized spacial score (nSPS) is 18.4. The number of carbonyl (C=O) groups is 2. The Labute approximate surface area is 181 Å². The van der Waals surface area contributed by atoms with Crippen LogP contribution in [0.3, 0.4) is 0 Å². The molecule has 1 aromatic carbocycles. The molecule has 2 aliphatic rings. The van der Waals surface area contributed by atoms with Crippen LogP contribution in [0.25, 0.3) is 12.2 Å². The van der Waals surface area contributed by atoms with E-state index in [0.29, 0.717) is 11.6 Å². The number of benzene rings is 1. The second-order valence-corrected chi connectivity index (χ2v) is 9.33. The zero-order chi connectivity index (χ0) is 20.9. The molecule has 6 heteroatoms. The third-order valence-electron chi connectivity index (χ3n) is 6.34. The summed E-state index contributed by atoms with van der Waals surface area (Å²) in [6.07, 6.45) is 11.8. The van der Waals surface area contributed by atoms with E-state index in [2.05, 4.69) is 10.7 Å². The summed E-state index contributed by atoms with van der Waals surface area (Å²) in [4.78, 5) is 28.8. The standard InChI is InChI=1S/C24H28N2O3S/c27-22(14-20(24(28)29)17-6-1-2-7-17)25-19-10-3-5-16(13-19)11-12-23-26-21(15-30-23)18-8-4-9-18/h3,5,10-13,15,17-18,20H,1-2,4,6-9,14H2,(H,25,27)(H,28,29)/b12-11+. The van der Waals surface area contributed by atoms with Crippen LogP contribution in [0.4, 0.5) is 5.69 Å². The Bertz CT molecular complexity index is 926. The van der Waals surface area contributed by atoms with E-state index in [1.165, 1.54) is 25.0 Å². The van der Waals surface area contributed by atoms with E-state index in [9.17, 15) is 14.7 Å². The molecule has 1 amide bonds. The molecular formula is C24H28N2O3S. The van der Waals surface area contributed by atoms with Gasteiger partial charge in [0.15, 0.2) is 0 Å². The van der Waals surface area contributed by atoms with Gasteiger partial charge in [-0.1, -0.05) is 37.5 Å². The number of carboxylic acid groups (broad SMARTS) is 1. The van der Waals surface area contributed by atoms with Gasteiger partial charge in [-0.2, -0.15) is 0 Å². The maximum Gasteiger partial charge on any atom is 0.307 e. The summed E-state index contributed by atoms with van der Waals surface area (Å²) in [5.41, 5.74) is 2.87. The number of carbonyl (C=O) groups excluding carboxylic acids is 1. The highest BCUT2D eigenvalue weighted by molar-refractivity contribution is 7.10. The summed E-state index contributed by atoms with van der Waals surface area (Å²) >= 11 is 1.66.